The number of ether oxygens (including phenoxy) is 1. The number of carbonyl (C=O) groups is 1. The molecule has 1 aliphatic heterocycles. The van der Waals surface area contributed by atoms with Gasteiger partial charge in [-0.15, -0.1) is 0 Å². The fourth-order valence-corrected chi connectivity index (χ4v) is 1.39. The van der Waals surface area contributed by atoms with E-state index in [4.69, 9.17) is 9.84 Å². The molecule has 1 aromatic rings. The molecule has 1 fully saturated rings. The topological polar surface area (TPSA) is 49.8 Å². The van der Waals surface area contributed by atoms with E-state index in [9.17, 15) is 4.79 Å². The minimum Gasteiger partial charge on any atom is -0.508 e. The first-order valence-electron chi connectivity index (χ1n) is 4.45. The van der Waals surface area contributed by atoms with Gasteiger partial charge in [0.05, 0.1) is 6.54 Å². The molecule has 0 aliphatic carbocycles. The maximum Gasteiger partial charge on any atom is 0.410 e. The summed E-state index contributed by atoms with van der Waals surface area (Å²) in [4.78, 5) is 12.7. The summed E-state index contributed by atoms with van der Waals surface area (Å²) in [5.41, 5.74) is 0.988. The summed E-state index contributed by atoms with van der Waals surface area (Å²) in [6.07, 6.45) is -0.266. The van der Waals surface area contributed by atoms with Crippen LogP contribution in [0.5, 0.6) is 5.75 Å². The number of cyclic esters (lactones) is 1. The lowest BCUT2D eigenvalue weighted by Crippen LogP contribution is -2.23. The summed E-state index contributed by atoms with van der Waals surface area (Å²) in [6, 6.07) is 6.80. The zero-order valence-electron chi connectivity index (χ0n) is 7.64. The summed E-state index contributed by atoms with van der Waals surface area (Å²) >= 11 is 0. The van der Waals surface area contributed by atoms with Crippen LogP contribution in [-0.2, 0) is 11.3 Å². The Bertz CT molecular complexity index is 334. The lowest BCUT2D eigenvalue weighted by Gasteiger charge is -2.11. The van der Waals surface area contributed by atoms with E-state index in [1.165, 1.54) is 0 Å². The molecule has 4 nitrogen and oxygen atoms in total. The van der Waals surface area contributed by atoms with E-state index in [0.29, 0.717) is 19.7 Å². The number of phenolic OH excluding ortho intramolecular Hbond substituents is 1. The maximum atomic E-state index is 11.1. The molecule has 4 heteroatoms. The molecule has 1 saturated heterocycles. The Labute approximate surface area is 81.7 Å². The lowest BCUT2D eigenvalue weighted by atomic mass is 10.2. The van der Waals surface area contributed by atoms with Crippen molar-refractivity contribution in [1.82, 2.24) is 4.90 Å². The second-order valence-electron chi connectivity index (χ2n) is 3.20. The quantitative estimate of drug-likeness (QED) is 0.771. The van der Waals surface area contributed by atoms with Crippen molar-refractivity contribution in [2.24, 2.45) is 0 Å². The zero-order valence-corrected chi connectivity index (χ0v) is 7.64. The average molecular weight is 193 g/mol. The van der Waals surface area contributed by atoms with Crippen molar-refractivity contribution < 1.29 is 14.6 Å². The fourth-order valence-electron chi connectivity index (χ4n) is 1.39. The molecule has 0 unspecified atom stereocenters. The van der Waals surface area contributed by atoms with Crippen molar-refractivity contribution in [3.8, 4) is 5.75 Å². The standard InChI is InChI=1S/C10H11NO3/c12-9-3-1-8(2-4-9)7-11-5-6-14-10(11)13/h1-4,12H,5-7H2. The maximum absolute atomic E-state index is 11.1. The molecule has 0 radical (unpaired) electrons. The normalized spacial score (nSPS) is 15.7. The van der Waals surface area contributed by atoms with Gasteiger partial charge in [0.2, 0.25) is 0 Å². The monoisotopic (exact) mass is 193 g/mol. The van der Waals surface area contributed by atoms with Gasteiger partial charge in [-0.2, -0.15) is 0 Å². The van der Waals surface area contributed by atoms with Crippen LogP contribution in [0.1, 0.15) is 5.56 Å². The summed E-state index contributed by atoms with van der Waals surface area (Å²) < 4.78 is 4.80. The van der Waals surface area contributed by atoms with Gasteiger partial charge < -0.3 is 14.7 Å². The van der Waals surface area contributed by atoms with E-state index in [1.54, 1.807) is 29.2 Å². The van der Waals surface area contributed by atoms with Crippen molar-refractivity contribution in [2.75, 3.05) is 13.2 Å². The number of hydrogen-bond donors (Lipinski definition) is 1. The van der Waals surface area contributed by atoms with Gasteiger partial charge in [-0.1, -0.05) is 12.1 Å². The average Bonchev–Trinajstić information content (AvgIpc) is 2.56. The number of carbonyl (C=O) groups excluding carboxylic acids is 1. The summed E-state index contributed by atoms with van der Waals surface area (Å²) in [7, 11) is 0. The van der Waals surface area contributed by atoms with Crippen LogP contribution in [0, 0.1) is 0 Å². The van der Waals surface area contributed by atoms with E-state index < -0.39 is 0 Å². The van der Waals surface area contributed by atoms with Crippen molar-refractivity contribution in [3.63, 3.8) is 0 Å². The first kappa shape index (κ1) is 8.87. The van der Waals surface area contributed by atoms with Crippen molar-refractivity contribution in [3.05, 3.63) is 29.8 Å². The molecule has 2 rings (SSSR count). The van der Waals surface area contributed by atoms with Gasteiger partial charge in [0.25, 0.3) is 0 Å². The zero-order chi connectivity index (χ0) is 9.97. The van der Waals surface area contributed by atoms with Crippen LogP contribution in [0.25, 0.3) is 0 Å². The van der Waals surface area contributed by atoms with E-state index >= 15 is 0 Å². The van der Waals surface area contributed by atoms with Crippen LogP contribution in [-0.4, -0.2) is 29.3 Å². The smallest absolute Gasteiger partial charge is 0.410 e. The molecular formula is C10H11NO3. The summed E-state index contributed by atoms with van der Waals surface area (Å²) in [6.45, 7) is 1.65. The Morgan fingerprint density at radius 1 is 1.36 bits per heavy atom. The number of amides is 1. The van der Waals surface area contributed by atoms with Gasteiger partial charge in [-0.3, -0.25) is 0 Å². The fraction of sp³-hybridized carbons (Fsp3) is 0.300. The van der Waals surface area contributed by atoms with E-state index in [-0.39, 0.29) is 11.8 Å². The number of phenols is 1. The molecule has 0 spiro atoms. The van der Waals surface area contributed by atoms with Crippen LogP contribution in [0.4, 0.5) is 4.79 Å². The third-order valence-electron chi connectivity index (χ3n) is 2.15. The first-order chi connectivity index (χ1) is 6.75. The van der Waals surface area contributed by atoms with Crippen LogP contribution < -0.4 is 0 Å². The molecule has 1 aliphatic rings. The Morgan fingerprint density at radius 3 is 2.64 bits per heavy atom. The molecule has 0 saturated carbocycles. The highest BCUT2D eigenvalue weighted by atomic mass is 16.6. The number of nitrogens with zero attached hydrogens (tertiary/aromatic N) is 1. The first-order valence-corrected chi connectivity index (χ1v) is 4.45. The minimum absolute atomic E-state index is 0.234. The van der Waals surface area contributed by atoms with E-state index in [0.717, 1.165) is 5.56 Å². The molecule has 0 atom stereocenters. The number of aromatic hydroxyl groups is 1. The van der Waals surface area contributed by atoms with Gasteiger partial charge in [-0.05, 0) is 17.7 Å². The third-order valence-corrected chi connectivity index (χ3v) is 2.15. The summed E-state index contributed by atoms with van der Waals surface area (Å²) in [5, 5.41) is 9.06. The van der Waals surface area contributed by atoms with Gasteiger partial charge in [-0.25, -0.2) is 4.79 Å². The molecule has 74 valence electrons. The van der Waals surface area contributed by atoms with Crippen LogP contribution in [0.2, 0.25) is 0 Å². The van der Waals surface area contributed by atoms with E-state index in [2.05, 4.69) is 0 Å². The second kappa shape index (κ2) is 3.57. The van der Waals surface area contributed by atoms with Crippen molar-refractivity contribution >= 4 is 6.09 Å². The van der Waals surface area contributed by atoms with Gasteiger partial charge >= 0.3 is 6.09 Å². The van der Waals surface area contributed by atoms with E-state index in [1.807, 2.05) is 0 Å². The van der Waals surface area contributed by atoms with Gasteiger partial charge in [0.15, 0.2) is 0 Å². The van der Waals surface area contributed by atoms with Crippen LogP contribution >= 0.6 is 0 Å². The molecule has 0 bridgehead atoms. The third kappa shape index (κ3) is 1.79. The van der Waals surface area contributed by atoms with Crippen LogP contribution in [0.15, 0.2) is 24.3 Å². The Hall–Kier alpha value is -1.71. The van der Waals surface area contributed by atoms with Crippen molar-refractivity contribution in [2.45, 2.75) is 6.54 Å². The van der Waals surface area contributed by atoms with Gasteiger partial charge in [0.1, 0.15) is 12.4 Å². The number of benzene rings is 1. The van der Waals surface area contributed by atoms with Gasteiger partial charge in [0, 0.05) is 6.54 Å². The summed E-state index contributed by atoms with van der Waals surface area (Å²) in [5.74, 6) is 0.234. The SMILES string of the molecule is O=C1OCCN1Cc1ccc(O)cc1. The molecule has 1 amide bonds. The highest BCUT2D eigenvalue weighted by Crippen LogP contribution is 2.13. The molecule has 1 aromatic carbocycles. The Kier molecular flexibility index (Phi) is 2.26. The van der Waals surface area contributed by atoms with Crippen LogP contribution in [0.3, 0.4) is 0 Å². The molecule has 1 heterocycles. The molecular weight excluding hydrogens is 182 g/mol. The second-order valence-corrected chi connectivity index (χ2v) is 3.20. The largest absolute Gasteiger partial charge is 0.508 e. The predicted molar refractivity (Wildman–Crippen MR) is 49.9 cm³/mol. The highest BCUT2D eigenvalue weighted by Gasteiger charge is 2.21. The Balaban J connectivity index is 2.03. The number of hydrogen-bond acceptors (Lipinski definition) is 3. The minimum atomic E-state index is -0.266. The molecule has 14 heavy (non-hydrogen) atoms. The number of rotatable bonds is 2. The predicted octanol–water partition coefficient (Wildman–Crippen LogP) is 1.34. The van der Waals surface area contributed by atoms with Crippen molar-refractivity contribution in [1.29, 1.82) is 0 Å². The molecule has 0 aromatic heterocycles. The highest BCUT2D eigenvalue weighted by molar-refractivity contribution is 5.69. The lowest BCUT2D eigenvalue weighted by molar-refractivity contribution is 0.157. The Morgan fingerprint density at radius 2 is 2.07 bits per heavy atom. The molecule has 1 N–H and O–H groups in total.